The molecular weight excluding hydrogens is 253 g/mol. The number of halogens is 4. The van der Waals surface area contributed by atoms with E-state index in [1.807, 2.05) is 0 Å². The van der Waals surface area contributed by atoms with Gasteiger partial charge >= 0.3 is 6.18 Å². The molecule has 0 radical (unpaired) electrons. The summed E-state index contributed by atoms with van der Waals surface area (Å²) in [7, 11) is 0. The van der Waals surface area contributed by atoms with Crippen molar-refractivity contribution in [3.63, 3.8) is 0 Å². The fourth-order valence-corrected chi connectivity index (χ4v) is 1.43. The highest BCUT2D eigenvalue weighted by Crippen LogP contribution is 2.32. The molecule has 1 nitrogen and oxygen atoms in total. The Kier molecular flexibility index (Phi) is 4.75. The zero-order valence-electron chi connectivity index (χ0n) is 8.80. The lowest BCUT2D eigenvalue weighted by Gasteiger charge is -2.09. The molecule has 0 spiro atoms. The van der Waals surface area contributed by atoms with Crippen molar-refractivity contribution in [3.8, 4) is 0 Å². The number of aldehydes is 1. The van der Waals surface area contributed by atoms with Crippen LogP contribution in [0.1, 0.15) is 27.9 Å². The van der Waals surface area contributed by atoms with Gasteiger partial charge in [0, 0.05) is 11.4 Å². The van der Waals surface area contributed by atoms with Crippen LogP contribution < -0.4 is 0 Å². The van der Waals surface area contributed by atoms with Gasteiger partial charge in [0.15, 0.2) is 6.29 Å². The lowest BCUT2D eigenvalue weighted by Crippen LogP contribution is -2.09. The molecule has 0 aromatic heterocycles. The number of allylic oxidation sites excluding steroid dienone is 1. The van der Waals surface area contributed by atoms with E-state index < -0.39 is 11.7 Å². The van der Waals surface area contributed by atoms with Crippen LogP contribution in [0, 0.1) is 0 Å². The van der Waals surface area contributed by atoms with Crippen molar-refractivity contribution in [2.24, 2.45) is 0 Å². The Morgan fingerprint density at radius 3 is 2.53 bits per heavy atom. The molecule has 0 saturated heterocycles. The summed E-state index contributed by atoms with van der Waals surface area (Å²) < 4.78 is 37.8. The first kappa shape index (κ1) is 13.8. The van der Waals surface area contributed by atoms with Gasteiger partial charge in [-0.15, -0.1) is 11.6 Å². The summed E-state index contributed by atoms with van der Waals surface area (Å²) >= 11 is 5.44. The van der Waals surface area contributed by atoms with Crippen LogP contribution in [-0.4, -0.2) is 12.2 Å². The summed E-state index contributed by atoms with van der Waals surface area (Å²) in [5, 5.41) is 0. The summed E-state index contributed by atoms with van der Waals surface area (Å²) in [5.41, 5.74) is -0.874. The molecule has 0 fully saturated rings. The number of carbonyl (C=O) groups excluding carboxylic acids is 1. The molecule has 0 aliphatic heterocycles. The van der Waals surface area contributed by atoms with Crippen LogP contribution in [0.25, 0.3) is 6.08 Å². The van der Waals surface area contributed by atoms with Crippen LogP contribution >= 0.6 is 11.6 Å². The average molecular weight is 263 g/mol. The molecule has 0 saturated carbocycles. The molecule has 0 unspecified atom stereocenters. The van der Waals surface area contributed by atoms with Crippen molar-refractivity contribution in [2.75, 3.05) is 5.88 Å². The molecule has 0 heterocycles. The number of carbonyl (C=O) groups is 1. The third kappa shape index (κ3) is 3.89. The van der Waals surface area contributed by atoms with Gasteiger partial charge in [0.2, 0.25) is 0 Å². The van der Waals surface area contributed by atoms with Gasteiger partial charge in [-0.25, -0.2) is 0 Å². The van der Waals surface area contributed by atoms with Crippen LogP contribution in [0.15, 0.2) is 24.3 Å². The van der Waals surface area contributed by atoms with Crippen molar-refractivity contribution in [1.29, 1.82) is 0 Å². The van der Waals surface area contributed by atoms with Crippen LogP contribution in [0.3, 0.4) is 0 Å². The molecule has 0 bridgehead atoms. The molecular formula is C12H10ClF3O. The lowest BCUT2D eigenvalue weighted by molar-refractivity contribution is -0.137. The Labute approximate surface area is 102 Å². The summed E-state index contributed by atoms with van der Waals surface area (Å²) in [5.74, 6) is 0.412. The fourth-order valence-electron chi connectivity index (χ4n) is 1.31. The maximum atomic E-state index is 12.6. The first-order valence-corrected chi connectivity index (χ1v) is 5.41. The predicted octanol–water partition coefficient (Wildman–Crippen LogP) is 4.16. The quantitative estimate of drug-likeness (QED) is 0.588. The smallest absolute Gasteiger partial charge is 0.298 e. The molecule has 0 atom stereocenters. The number of hydrogen-bond donors (Lipinski definition) is 0. The largest absolute Gasteiger partial charge is 0.417 e. The molecule has 92 valence electrons. The minimum atomic E-state index is -4.52. The van der Waals surface area contributed by atoms with Crippen molar-refractivity contribution in [2.45, 2.75) is 12.6 Å². The van der Waals surface area contributed by atoms with E-state index in [0.717, 1.165) is 12.1 Å². The van der Waals surface area contributed by atoms with Crippen molar-refractivity contribution in [1.82, 2.24) is 0 Å². The van der Waals surface area contributed by atoms with Crippen molar-refractivity contribution < 1.29 is 18.0 Å². The molecule has 1 aromatic rings. The fraction of sp³-hybridized carbons (Fsp3) is 0.250. The molecule has 1 aromatic carbocycles. The van der Waals surface area contributed by atoms with E-state index in [4.69, 9.17) is 11.6 Å². The van der Waals surface area contributed by atoms with Crippen LogP contribution in [0.4, 0.5) is 13.2 Å². The third-order valence-corrected chi connectivity index (χ3v) is 2.31. The molecule has 1 rings (SSSR count). The van der Waals surface area contributed by atoms with Crippen molar-refractivity contribution in [3.05, 3.63) is 41.0 Å². The second-order valence-corrected chi connectivity index (χ2v) is 3.72. The summed E-state index contributed by atoms with van der Waals surface area (Å²) in [6, 6.07) is 3.58. The molecule has 17 heavy (non-hydrogen) atoms. The van der Waals surface area contributed by atoms with Gasteiger partial charge in [0.25, 0.3) is 0 Å². The van der Waals surface area contributed by atoms with E-state index in [0.29, 0.717) is 17.9 Å². The highest BCUT2D eigenvalue weighted by atomic mass is 35.5. The Morgan fingerprint density at radius 1 is 1.29 bits per heavy atom. The second-order valence-electron chi connectivity index (χ2n) is 3.34. The van der Waals surface area contributed by atoms with Gasteiger partial charge < -0.3 is 0 Å². The topological polar surface area (TPSA) is 17.1 Å². The first-order chi connectivity index (χ1) is 7.99. The number of hydrogen-bond acceptors (Lipinski definition) is 1. The minimum absolute atomic E-state index is 0.203. The van der Waals surface area contributed by atoms with Crippen LogP contribution in [-0.2, 0) is 6.18 Å². The number of rotatable bonds is 4. The van der Waals surface area contributed by atoms with Gasteiger partial charge in [0.05, 0.1) is 5.56 Å². The van der Waals surface area contributed by atoms with Crippen LogP contribution in [0.2, 0.25) is 0 Å². The highest BCUT2D eigenvalue weighted by molar-refractivity contribution is 6.17. The van der Waals surface area contributed by atoms with E-state index in [1.165, 1.54) is 6.07 Å². The normalized spacial score (nSPS) is 12.0. The minimum Gasteiger partial charge on any atom is -0.298 e. The molecule has 0 aliphatic carbocycles. The van der Waals surface area contributed by atoms with Gasteiger partial charge in [-0.2, -0.15) is 13.2 Å². The van der Waals surface area contributed by atoms with Crippen LogP contribution in [0.5, 0.6) is 0 Å². The number of benzene rings is 1. The molecule has 0 aliphatic rings. The van der Waals surface area contributed by atoms with Crippen molar-refractivity contribution >= 4 is 24.0 Å². The SMILES string of the molecule is O=Cc1ccc(C=CCCCl)cc1C(F)(F)F. The number of alkyl halides is 4. The molecule has 5 heteroatoms. The van der Waals surface area contributed by atoms with E-state index in [9.17, 15) is 18.0 Å². The Morgan fingerprint density at radius 2 is 2.00 bits per heavy atom. The maximum absolute atomic E-state index is 12.6. The monoisotopic (exact) mass is 262 g/mol. The van der Waals surface area contributed by atoms with Gasteiger partial charge in [-0.1, -0.05) is 24.3 Å². The second kappa shape index (κ2) is 5.87. The summed E-state index contributed by atoms with van der Waals surface area (Å²) in [6.45, 7) is 0. The van der Waals surface area contributed by atoms with Gasteiger partial charge in [-0.3, -0.25) is 4.79 Å². The Bertz CT molecular complexity index is 424. The molecule has 0 N–H and O–H groups in total. The average Bonchev–Trinajstić information content (AvgIpc) is 2.28. The first-order valence-electron chi connectivity index (χ1n) is 4.88. The Balaban J connectivity index is 3.09. The van der Waals surface area contributed by atoms with E-state index in [-0.39, 0.29) is 11.8 Å². The lowest BCUT2D eigenvalue weighted by atomic mass is 10.0. The zero-order chi connectivity index (χ0) is 12.9. The third-order valence-electron chi connectivity index (χ3n) is 2.10. The van der Waals surface area contributed by atoms with E-state index in [2.05, 4.69) is 0 Å². The van der Waals surface area contributed by atoms with Gasteiger partial charge in [-0.05, 0) is 18.1 Å². The predicted molar refractivity (Wildman–Crippen MR) is 61.2 cm³/mol. The molecule has 0 amide bonds. The summed E-state index contributed by atoms with van der Waals surface area (Å²) in [4.78, 5) is 10.5. The van der Waals surface area contributed by atoms with Gasteiger partial charge in [0.1, 0.15) is 0 Å². The van der Waals surface area contributed by atoms with E-state index in [1.54, 1.807) is 12.2 Å². The standard InChI is InChI=1S/C12H10ClF3O/c13-6-2-1-3-9-4-5-10(8-17)11(7-9)12(14,15)16/h1,3-5,7-8H,2,6H2. The summed E-state index contributed by atoms with van der Waals surface area (Å²) in [6.07, 6.45) is -0.505. The van der Waals surface area contributed by atoms with E-state index >= 15 is 0 Å². The maximum Gasteiger partial charge on any atom is 0.417 e. The Hall–Kier alpha value is -1.29. The highest BCUT2D eigenvalue weighted by Gasteiger charge is 2.33. The zero-order valence-corrected chi connectivity index (χ0v) is 9.55.